The van der Waals surface area contributed by atoms with Crippen LogP contribution in [0.1, 0.15) is 5.69 Å². The van der Waals surface area contributed by atoms with Crippen LogP contribution in [0.3, 0.4) is 0 Å². The van der Waals surface area contributed by atoms with Gasteiger partial charge in [0, 0.05) is 18.6 Å². The molecule has 0 saturated heterocycles. The summed E-state index contributed by atoms with van der Waals surface area (Å²) in [4.78, 5) is 8.16. The number of nitrogen functional groups attached to an aromatic ring is 1. The molecule has 21 heavy (non-hydrogen) atoms. The highest BCUT2D eigenvalue weighted by Crippen LogP contribution is 2.34. The topological polar surface area (TPSA) is 69.1 Å². The largest absolute Gasteiger partial charge is 0.435 e. The Morgan fingerprint density at radius 2 is 1.90 bits per heavy atom. The predicted octanol–water partition coefficient (Wildman–Crippen LogP) is 2.88. The molecule has 0 atom stereocenters. The molecule has 0 aliphatic rings. The van der Waals surface area contributed by atoms with E-state index in [1.165, 1.54) is 12.4 Å². The van der Waals surface area contributed by atoms with Crippen molar-refractivity contribution in [2.24, 2.45) is 0 Å². The number of hydrogen-bond donors (Lipinski definition) is 1. The van der Waals surface area contributed by atoms with Crippen molar-refractivity contribution in [2.45, 2.75) is 16.2 Å². The van der Waals surface area contributed by atoms with Gasteiger partial charge >= 0.3 is 6.18 Å². The lowest BCUT2D eigenvalue weighted by Crippen LogP contribution is -2.05. The van der Waals surface area contributed by atoms with E-state index in [2.05, 4.69) is 15.1 Å². The van der Waals surface area contributed by atoms with Gasteiger partial charge in [-0.05, 0) is 30.0 Å². The van der Waals surface area contributed by atoms with Crippen LogP contribution in [0.15, 0.2) is 46.8 Å². The molecule has 0 bridgehead atoms. The van der Waals surface area contributed by atoms with Gasteiger partial charge in [0.2, 0.25) is 0 Å². The molecule has 3 aromatic heterocycles. The molecule has 3 heterocycles. The van der Waals surface area contributed by atoms with Gasteiger partial charge < -0.3 is 5.73 Å². The lowest BCUT2D eigenvalue weighted by Gasteiger charge is -2.04. The third kappa shape index (κ3) is 2.64. The van der Waals surface area contributed by atoms with Gasteiger partial charge in [-0.2, -0.15) is 18.3 Å². The Bertz CT molecular complexity index is 799. The van der Waals surface area contributed by atoms with Crippen molar-refractivity contribution in [3.8, 4) is 0 Å². The van der Waals surface area contributed by atoms with Gasteiger partial charge in [-0.1, -0.05) is 0 Å². The summed E-state index contributed by atoms with van der Waals surface area (Å²) in [7, 11) is 0. The zero-order chi connectivity index (χ0) is 15.0. The summed E-state index contributed by atoms with van der Waals surface area (Å²) in [5.41, 5.74) is 5.49. The molecule has 3 rings (SSSR count). The van der Waals surface area contributed by atoms with E-state index in [-0.39, 0.29) is 5.52 Å². The number of alkyl halides is 3. The molecule has 0 aromatic carbocycles. The monoisotopic (exact) mass is 311 g/mol. The van der Waals surface area contributed by atoms with Crippen LogP contribution in [0.2, 0.25) is 0 Å². The number of aromatic nitrogens is 4. The van der Waals surface area contributed by atoms with Crippen LogP contribution < -0.4 is 5.73 Å². The van der Waals surface area contributed by atoms with Gasteiger partial charge in [0.25, 0.3) is 0 Å². The van der Waals surface area contributed by atoms with Crippen LogP contribution in [-0.4, -0.2) is 19.6 Å². The molecule has 0 radical (unpaired) electrons. The summed E-state index contributed by atoms with van der Waals surface area (Å²) in [6, 6.07) is 4.29. The van der Waals surface area contributed by atoms with Gasteiger partial charge in [-0.15, -0.1) is 0 Å². The molecule has 9 heteroatoms. The van der Waals surface area contributed by atoms with Crippen molar-refractivity contribution < 1.29 is 13.2 Å². The molecule has 0 amide bonds. The fourth-order valence-corrected chi connectivity index (χ4v) is 2.55. The molecular formula is C12H8F3N5S. The van der Waals surface area contributed by atoms with Gasteiger partial charge in [-0.25, -0.2) is 14.5 Å². The number of nitrogens with zero attached hydrogens (tertiary/aromatic N) is 4. The molecule has 0 spiro atoms. The van der Waals surface area contributed by atoms with Crippen molar-refractivity contribution in [3.63, 3.8) is 0 Å². The van der Waals surface area contributed by atoms with Crippen molar-refractivity contribution in [1.82, 2.24) is 19.6 Å². The number of halogens is 3. The number of anilines is 1. The minimum Gasteiger partial charge on any atom is -0.397 e. The first-order chi connectivity index (χ1) is 9.95. The van der Waals surface area contributed by atoms with Gasteiger partial charge in [0.1, 0.15) is 10.1 Å². The third-order valence-corrected chi connectivity index (χ3v) is 3.68. The summed E-state index contributed by atoms with van der Waals surface area (Å²) in [5, 5.41) is 4.33. The summed E-state index contributed by atoms with van der Waals surface area (Å²) in [5.74, 6) is 0. The normalized spacial score (nSPS) is 12.0. The van der Waals surface area contributed by atoms with E-state index < -0.39 is 11.9 Å². The van der Waals surface area contributed by atoms with Crippen LogP contribution in [0.5, 0.6) is 0 Å². The van der Waals surface area contributed by atoms with Crippen molar-refractivity contribution in [1.29, 1.82) is 0 Å². The first kappa shape index (κ1) is 13.7. The average Bonchev–Trinajstić information content (AvgIpc) is 2.86. The van der Waals surface area contributed by atoms with E-state index in [0.29, 0.717) is 15.7 Å². The van der Waals surface area contributed by atoms with E-state index >= 15 is 0 Å². The van der Waals surface area contributed by atoms with Crippen LogP contribution in [0, 0.1) is 0 Å². The zero-order valence-electron chi connectivity index (χ0n) is 10.4. The van der Waals surface area contributed by atoms with Crippen LogP contribution >= 0.6 is 11.8 Å². The molecular weight excluding hydrogens is 303 g/mol. The molecule has 0 fully saturated rings. The smallest absolute Gasteiger partial charge is 0.397 e. The molecule has 3 aromatic rings. The van der Waals surface area contributed by atoms with Crippen molar-refractivity contribution >= 4 is 23.0 Å². The minimum absolute atomic E-state index is 0.250. The highest BCUT2D eigenvalue weighted by atomic mass is 32.2. The summed E-state index contributed by atoms with van der Waals surface area (Å²) in [6.45, 7) is 0. The number of hydrogen-bond acceptors (Lipinski definition) is 5. The maximum absolute atomic E-state index is 12.7. The van der Waals surface area contributed by atoms with Crippen LogP contribution in [-0.2, 0) is 6.18 Å². The molecule has 108 valence electrons. The molecule has 5 nitrogen and oxygen atoms in total. The van der Waals surface area contributed by atoms with E-state index in [0.717, 1.165) is 22.3 Å². The number of pyridine rings is 1. The fraction of sp³-hybridized carbons (Fsp3) is 0.0833. The third-order valence-electron chi connectivity index (χ3n) is 2.64. The maximum atomic E-state index is 12.7. The van der Waals surface area contributed by atoms with E-state index in [1.807, 2.05) is 0 Å². The average molecular weight is 311 g/mol. The Morgan fingerprint density at radius 1 is 1.14 bits per heavy atom. The molecule has 0 unspecified atom stereocenters. The molecule has 2 N–H and O–H groups in total. The van der Waals surface area contributed by atoms with Gasteiger partial charge in [0.15, 0.2) is 5.69 Å². The quantitative estimate of drug-likeness (QED) is 0.788. The highest BCUT2D eigenvalue weighted by Gasteiger charge is 2.34. The SMILES string of the molecule is Nc1cccnc1Sc1nccn2nc(C(F)(F)F)cc12. The second-order valence-corrected chi connectivity index (χ2v) is 5.07. The Balaban J connectivity index is 2.07. The van der Waals surface area contributed by atoms with E-state index in [1.54, 1.807) is 18.3 Å². The number of nitrogens with two attached hydrogens (primary N) is 1. The second kappa shape index (κ2) is 4.92. The zero-order valence-corrected chi connectivity index (χ0v) is 11.2. The van der Waals surface area contributed by atoms with Crippen molar-refractivity contribution in [3.05, 3.63) is 42.5 Å². The summed E-state index contributed by atoms with van der Waals surface area (Å²) < 4.78 is 39.3. The molecule has 0 aliphatic heterocycles. The summed E-state index contributed by atoms with van der Waals surface area (Å²) >= 11 is 1.09. The lowest BCUT2D eigenvalue weighted by atomic mass is 10.4. The Kier molecular flexibility index (Phi) is 3.20. The highest BCUT2D eigenvalue weighted by molar-refractivity contribution is 7.99. The Hall–Kier alpha value is -2.29. The number of fused-ring (bicyclic) bond motifs is 1. The van der Waals surface area contributed by atoms with Crippen LogP contribution in [0.4, 0.5) is 18.9 Å². The maximum Gasteiger partial charge on any atom is 0.435 e. The Labute approximate surface area is 121 Å². The van der Waals surface area contributed by atoms with Crippen molar-refractivity contribution in [2.75, 3.05) is 5.73 Å². The molecule has 0 saturated carbocycles. The standard InChI is InChI=1S/C12H8F3N5S/c13-12(14,15)9-6-8-11(18-4-5-20(8)19-9)21-10-7(16)2-1-3-17-10/h1-6H,16H2. The Morgan fingerprint density at radius 3 is 2.62 bits per heavy atom. The second-order valence-electron chi connectivity index (χ2n) is 4.09. The molecule has 0 aliphatic carbocycles. The van der Waals surface area contributed by atoms with E-state index in [9.17, 15) is 13.2 Å². The van der Waals surface area contributed by atoms with Gasteiger partial charge in [0.05, 0.1) is 11.2 Å². The summed E-state index contributed by atoms with van der Waals surface area (Å²) in [6.07, 6.45) is -0.216. The number of rotatable bonds is 2. The van der Waals surface area contributed by atoms with Crippen LogP contribution in [0.25, 0.3) is 5.52 Å². The fourth-order valence-electron chi connectivity index (χ4n) is 1.70. The van der Waals surface area contributed by atoms with E-state index in [4.69, 9.17) is 5.73 Å². The van der Waals surface area contributed by atoms with Gasteiger partial charge in [-0.3, -0.25) is 0 Å². The first-order valence-electron chi connectivity index (χ1n) is 5.75. The first-order valence-corrected chi connectivity index (χ1v) is 6.57. The lowest BCUT2D eigenvalue weighted by molar-refractivity contribution is -0.141. The minimum atomic E-state index is -4.50. The predicted molar refractivity (Wildman–Crippen MR) is 70.8 cm³/mol.